The standard InChI is InChI=1S/C47H38O7S/c1-26(2)43(48)53-47(35-25-30-17-20-39(35)51-30)32-11-7-9-13-41(32)55-42-21-15-28(23-36(42)47)27-14-18-40-33(22-27)46(54-44(49)45(3,4)5,31-10-6-8-12-37(31)52-40)34-24-29-16-19-38(34)50-29/h6-24,30,35,39H,1,25H2,2-5H3. The van der Waals surface area contributed by atoms with Gasteiger partial charge in [-0.2, -0.15) is 0 Å². The average Bonchev–Trinajstić information content (AvgIpc) is 4.01. The van der Waals surface area contributed by atoms with Crippen molar-refractivity contribution in [2.75, 3.05) is 0 Å². The lowest BCUT2D eigenvalue weighted by molar-refractivity contribution is -0.163. The predicted molar refractivity (Wildman–Crippen MR) is 209 cm³/mol. The van der Waals surface area contributed by atoms with Gasteiger partial charge in [0.1, 0.15) is 22.7 Å². The Labute approximate surface area is 323 Å². The molecule has 5 unspecified atom stereocenters. The topological polar surface area (TPSA) is 84.2 Å². The van der Waals surface area contributed by atoms with Gasteiger partial charge in [0.25, 0.3) is 0 Å². The summed E-state index contributed by atoms with van der Waals surface area (Å²) in [7, 11) is 0. The van der Waals surface area contributed by atoms with Crippen molar-refractivity contribution >= 4 is 34.9 Å². The SMILES string of the molecule is C=C(C)C(=O)OC1(C2CC3C=CC2O3)c2ccccc2Sc2ccc(-c3ccc4c(c3)C(OC(=O)C(C)(C)C)(c3cc5ccc3o5)c3ccccc3O4)cc21. The van der Waals surface area contributed by atoms with Gasteiger partial charge in [0.15, 0.2) is 11.2 Å². The second-order valence-corrected chi connectivity index (χ2v) is 17.1. The molecule has 6 aromatic rings. The molecule has 0 N–H and O–H groups in total. The second-order valence-electron chi connectivity index (χ2n) is 16.0. The second kappa shape index (κ2) is 12.0. The van der Waals surface area contributed by atoms with E-state index in [-0.39, 0.29) is 24.1 Å². The molecule has 0 saturated carbocycles. The van der Waals surface area contributed by atoms with E-state index < -0.39 is 22.6 Å². The Balaban J connectivity index is 1.19. The smallest absolute Gasteiger partial charge is 0.334 e. The molecule has 7 nitrogen and oxygen atoms in total. The molecule has 2 aromatic heterocycles. The molecule has 6 heterocycles. The van der Waals surface area contributed by atoms with E-state index in [4.69, 9.17) is 23.4 Å². The zero-order valence-electron chi connectivity index (χ0n) is 30.9. The third-order valence-corrected chi connectivity index (χ3v) is 12.5. The zero-order valence-corrected chi connectivity index (χ0v) is 31.7. The lowest BCUT2D eigenvalue weighted by atomic mass is 9.70. The number of benzene rings is 5. The highest BCUT2D eigenvalue weighted by Crippen LogP contribution is 2.60. The van der Waals surface area contributed by atoms with E-state index in [1.807, 2.05) is 87.5 Å². The van der Waals surface area contributed by atoms with E-state index in [1.54, 1.807) is 18.7 Å². The van der Waals surface area contributed by atoms with Crippen molar-refractivity contribution in [3.05, 3.63) is 155 Å². The fourth-order valence-corrected chi connectivity index (χ4v) is 9.87. The molecule has 0 radical (unpaired) electrons. The van der Waals surface area contributed by atoms with E-state index >= 15 is 0 Å². The summed E-state index contributed by atoms with van der Waals surface area (Å²) >= 11 is 1.67. The maximum absolute atomic E-state index is 14.1. The van der Waals surface area contributed by atoms with E-state index in [2.05, 4.69) is 55.1 Å². The Kier molecular flexibility index (Phi) is 7.39. The van der Waals surface area contributed by atoms with Crippen molar-refractivity contribution in [1.29, 1.82) is 0 Å². The quantitative estimate of drug-likeness (QED) is 0.0946. The summed E-state index contributed by atoms with van der Waals surface area (Å²) < 4.78 is 32.7. The van der Waals surface area contributed by atoms with Crippen LogP contribution in [0.3, 0.4) is 0 Å². The fourth-order valence-electron chi connectivity index (χ4n) is 8.70. The first-order valence-electron chi connectivity index (χ1n) is 18.6. The summed E-state index contributed by atoms with van der Waals surface area (Å²) in [6.07, 6.45) is 4.63. The van der Waals surface area contributed by atoms with Crippen LogP contribution in [0.2, 0.25) is 0 Å². The number of hydrogen-bond donors (Lipinski definition) is 0. The van der Waals surface area contributed by atoms with Gasteiger partial charge in [0.2, 0.25) is 0 Å². The average molecular weight is 747 g/mol. The van der Waals surface area contributed by atoms with Gasteiger partial charge in [-0.05, 0) is 99.8 Å². The Morgan fingerprint density at radius 3 is 2.16 bits per heavy atom. The summed E-state index contributed by atoms with van der Waals surface area (Å²) in [6.45, 7) is 11.2. The van der Waals surface area contributed by atoms with Crippen LogP contribution >= 0.6 is 11.8 Å². The minimum absolute atomic E-state index is 0.0498. The van der Waals surface area contributed by atoms with Crippen LogP contribution in [0.25, 0.3) is 22.3 Å². The van der Waals surface area contributed by atoms with Gasteiger partial charge in [-0.25, -0.2) is 4.79 Å². The van der Waals surface area contributed by atoms with Crippen LogP contribution < -0.4 is 4.74 Å². The number of furan rings is 2. The van der Waals surface area contributed by atoms with Gasteiger partial charge >= 0.3 is 11.9 Å². The Bertz CT molecular complexity index is 2610. The summed E-state index contributed by atoms with van der Waals surface area (Å²) in [5.74, 6) is 0.172. The number of rotatable bonds is 6. The molecular formula is C47H38O7S. The molecular weight excluding hydrogens is 709 g/mol. The number of para-hydroxylation sites is 1. The van der Waals surface area contributed by atoms with E-state index in [1.165, 1.54) is 0 Å². The van der Waals surface area contributed by atoms with Crippen LogP contribution in [-0.2, 0) is 35.0 Å². The molecule has 0 amide bonds. The summed E-state index contributed by atoms with van der Waals surface area (Å²) in [4.78, 5) is 29.9. The molecule has 1 saturated heterocycles. The normalized spacial score (nSPS) is 24.4. The lowest BCUT2D eigenvalue weighted by Gasteiger charge is -2.45. The molecule has 4 aliphatic heterocycles. The monoisotopic (exact) mass is 746 g/mol. The fraction of sp³-hybridized carbons (Fsp3) is 0.234. The Morgan fingerprint density at radius 2 is 1.47 bits per heavy atom. The van der Waals surface area contributed by atoms with Gasteiger partial charge in [-0.3, -0.25) is 4.79 Å². The molecule has 274 valence electrons. The number of esters is 2. The van der Waals surface area contributed by atoms with E-state index in [9.17, 15) is 9.59 Å². The molecule has 5 atom stereocenters. The summed E-state index contributed by atoms with van der Waals surface area (Å²) in [6, 6.07) is 34.0. The van der Waals surface area contributed by atoms with Gasteiger partial charge in [-0.15, -0.1) is 0 Å². The van der Waals surface area contributed by atoms with Gasteiger partial charge in [0.05, 0.1) is 23.2 Å². The van der Waals surface area contributed by atoms with Crippen molar-refractivity contribution in [3.8, 4) is 22.6 Å². The van der Waals surface area contributed by atoms with E-state index in [0.29, 0.717) is 45.8 Å². The van der Waals surface area contributed by atoms with Crippen molar-refractivity contribution in [2.24, 2.45) is 11.3 Å². The van der Waals surface area contributed by atoms with Gasteiger partial charge in [-0.1, -0.05) is 79.0 Å². The molecule has 0 aliphatic carbocycles. The highest BCUT2D eigenvalue weighted by atomic mass is 32.2. The molecule has 1 fully saturated rings. The van der Waals surface area contributed by atoms with Gasteiger partial charge < -0.3 is 23.4 Å². The first kappa shape index (κ1) is 34.0. The van der Waals surface area contributed by atoms with Gasteiger partial charge in [0, 0.05) is 43.5 Å². The summed E-state index contributed by atoms with van der Waals surface area (Å²) in [5, 5.41) is 0. The van der Waals surface area contributed by atoms with Crippen LogP contribution in [0.4, 0.5) is 0 Å². The predicted octanol–water partition coefficient (Wildman–Crippen LogP) is 10.7. The van der Waals surface area contributed by atoms with Crippen molar-refractivity contribution < 1.29 is 33.0 Å². The van der Waals surface area contributed by atoms with Crippen LogP contribution in [0.15, 0.2) is 142 Å². The lowest BCUT2D eigenvalue weighted by Crippen LogP contribution is -2.46. The molecule has 8 heteroatoms. The minimum Gasteiger partial charge on any atom is -0.457 e. The van der Waals surface area contributed by atoms with Crippen molar-refractivity contribution in [3.63, 3.8) is 0 Å². The molecule has 0 spiro atoms. The van der Waals surface area contributed by atoms with Crippen molar-refractivity contribution in [2.45, 2.75) is 67.3 Å². The number of carbonyl (C=O) groups is 2. The van der Waals surface area contributed by atoms with Crippen LogP contribution in [0.5, 0.6) is 11.5 Å². The van der Waals surface area contributed by atoms with Crippen LogP contribution in [0.1, 0.15) is 61.9 Å². The first-order valence-corrected chi connectivity index (χ1v) is 19.4. The van der Waals surface area contributed by atoms with Crippen LogP contribution in [-0.4, -0.2) is 24.1 Å². The Morgan fingerprint density at radius 1 is 0.764 bits per heavy atom. The summed E-state index contributed by atoms with van der Waals surface area (Å²) in [5.41, 5.74) is 3.99. The maximum Gasteiger partial charge on any atom is 0.334 e. The maximum atomic E-state index is 14.1. The minimum atomic E-state index is -1.39. The highest BCUT2D eigenvalue weighted by Gasteiger charge is 2.58. The molecule has 4 aromatic carbocycles. The molecule has 4 aliphatic rings. The number of carbonyl (C=O) groups excluding carboxylic acids is 2. The molecule has 55 heavy (non-hydrogen) atoms. The van der Waals surface area contributed by atoms with Crippen molar-refractivity contribution in [1.82, 2.24) is 0 Å². The zero-order chi connectivity index (χ0) is 37.9. The largest absolute Gasteiger partial charge is 0.457 e. The number of hydrogen-bond acceptors (Lipinski definition) is 8. The Hall–Kier alpha value is -5.57. The molecule has 10 rings (SSSR count). The number of fused-ring (bicyclic) bond motifs is 8. The number of ether oxygens (including phenoxy) is 4. The first-order chi connectivity index (χ1) is 26.5. The van der Waals surface area contributed by atoms with Crippen LogP contribution in [0, 0.1) is 11.3 Å². The highest BCUT2D eigenvalue weighted by molar-refractivity contribution is 7.99. The van der Waals surface area contributed by atoms with E-state index in [0.717, 1.165) is 37.6 Å². The molecule has 4 bridgehead atoms. The third-order valence-electron chi connectivity index (χ3n) is 11.3. The third kappa shape index (κ3) is 5.00.